The molecule has 0 radical (unpaired) electrons. The van der Waals surface area contributed by atoms with Crippen LogP contribution in [0.25, 0.3) is 16.7 Å². The Balaban J connectivity index is 1.26. The van der Waals surface area contributed by atoms with Gasteiger partial charge in [0.15, 0.2) is 17.1 Å². The van der Waals surface area contributed by atoms with Gasteiger partial charge in [0.05, 0.1) is 18.4 Å². The van der Waals surface area contributed by atoms with E-state index in [1.165, 1.54) is 46.0 Å². The molecule has 4 aromatic rings. The first-order valence-corrected chi connectivity index (χ1v) is 9.93. The summed E-state index contributed by atoms with van der Waals surface area (Å²) in [6, 6.07) is 13.0. The molecular weight excluding hydrogens is 417 g/mol. The lowest BCUT2D eigenvalue weighted by molar-refractivity contribution is -0.122. The number of amides is 1. The van der Waals surface area contributed by atoms with Crippen LogP contribution in [0.4, 0.5) is 4.39 Å². The lowest BCUT2D eigenvalue weighted by Crippen LogP contribution is -2.42. The Morgan fingerprint density at radius 3 is 2.75 bits per heavy atom. The average Bonchev–Trinajstić information content (AvgIpc) is 3.25. The van der Waals surface area contributed by atoms with Crippen molar-refractivity contribution in [1.82, 2.24) is 24.6 Å². The third kappa shape index (κ3) is 3.78. The van der Waals surface area contributed by atoms with Crippen LogP contribution in [0, 0.1) is 5.82 Å². The number of carbonyl (C=O) groups is 1. The van der Waals surface area contributed by atoms with E-state index in [9.17, 15) is 14.0 Å². The van der Waals surface area contributed by atoms with Gasteiger partial charge in [-0.1, -0.05) is 12.1 Å². The predicted octanol–water partition coefficient (Wildman–Crippen LogP) is 1.68. The lowest BCUT2D eigenvalue weighted by Gasteiger charge is -2.26. The topological polar surface area (TPSA) is 100 Å². The molecule has 0 bridgehead atoms. The number of hydrogen-bond acceptors (Lipinski definition) is 6. The highest BCUT2D eigenvalue weighted by Crippen LogP contribution is 2.30. The summed E-state index contributed by atoms with van der Waals surface area (Å²) in [7, 11) is 0. The van der Waals surface area contributed by atoms with E-state index in [0.717, 1.165) is 0 Å². The number of fused-ring (bicyclic) bond motifs is 2. The van der Waals surface area contributed by atoms with Crippen LogP contribution in [0.5, 0.6) is 11.5 Å². The fourth-order valence-corrected chi connectivity index (χ4v) is 3.43. The van der Waals surface area contributed by atoms with E-state index in [1.54, 1.807) is 6.07 Å². The maximum Gasteiger partial charge on any atom is 0.264 e. The van der Waals surface area contributed by atoms with Crippen LogP contribution in [0.2, 0.25) is 0 Å². The number of nitrogens with one attached hydrogen (secondary N) is 1. The molecule has 0 saturated heterocycles. The highest BCUT2D eigenvalue weighted by atomic mass is 19.1. The van der Waals surface area contributed by atoms with Crippen LogP contribution in [0.15, 0.2) is 65.8 Å². The van der Waals surface area contributed by atoms with E-state index in [2.05, 4.69) is 15.4 Å². The van der Waals surface area contributed by atoms with Crippen LogP contribution in [0.3, 0.4) is 0 Å². The molecule has 2 aromatic heterocycles. The van der Waals surface area contributed by atoms with E-state index in [4.69, 9.17) is 9.47 Å². The first kappa shape index (κ1) is 19.7. The van der Waals surface area contributed by atoms with Crippen molar-refractivity contribution in [3.8, 4) is 17.2 Å². The van der Waals surface area contributed by atoms with E-state index >= 15 is 0 Å². The quantitative estimate of drug-likeness (QED) is 0.512. The van der Waals surface area contributed by atoms with Crippen molar-refractivity contribution in [2.45, 2.75) is 12.6 Å². The second-order valence-corrected chi connectivity index (χ2v) is 7.25. The van der Waals surface area contributed by atoms with Crippen molar-refractivity contribution in [3.05, 3.63) is 77.2 Å². The molecule has 0 saturated carbocycles. The number of nitrogens with zero attached hydrogens (tertiary/aromatic N) is 4. The van der Waals surface area contributed by atoms with E-state index in [0.29, 0.717) is 29.4 Å². The van der Waals surface area contributed by atoms with Gasteiger partial charge in [0.1, 0.15) is 36.8 Å². The van der Waals surface area contributed by atoms with Crippen LogP contribution in [-0.4, -0.2) is 44.5 Å². The van der Waals surface area contributed by atoms with Gasteiger partial charge >= 0.3 is 0 Å². The Kier molecular flexibility index (Phi) is 5.02. The molecule has 0 aliphatic carbocycles. The van der Waals surface area contributed by atoms with Gasteiger partial charge in [0.2, 0.25) is 5.91 Å². The molecule has 1 aliphatic rings. The van der Waals surface area contributed by atoms with Gasteiger partial charge in [0.25, 0.3) is 5.56 Å². The molecule has 3 heterocycles. The number of ether oxygens (including phenoxy) is 2. The third-order valence-electron chi connectivity index (χ3n) is 5.03. The number of carbonyl (C=O) groups excluding carboxylic acids is 1. The van der Waals surface area contributed by atoms with Crippen molar-refractivity contribution in [1.29, 1.82) is 0 Å². The average molecular weight is 435 g/mol. The van der Waals surface area contributed by atoms with Gasteiger partial charge in [0, 0.05) is 0 Å². The zero-order valence-corrected chi connectivity index (χ0v) is 16.8. The highest BCUT2D eigenvalue weighted by Gasteiger charge is 2.21. The van der Waals surface area contributed by atoms with Crippen molar-refractivity contribution in [2.24, 2.45) is 0 Å². The minimum absolute atomic E-state index is 0.201. The van der Waals surface area contributed by atoms with Gasteiger partial charge < -0.3 is 14.8 Å². The van der Waals surface area contributed by atoms with E-state index in [-0.39, 0.29) is 36.3 Å². The fraction of sp³-hybridized carbons (Fsp3) is 0.182. The molecule has 1 atom stereocenters. The Hall–Kier alpha value is -4.21. The predicted molar refractivity (Wildman–Crippen MR) is 112 cm³/mol. The molecule has 10 heteroatoms. The fourth-order valence-electron chi connectivity index (χ4n) is 3.43. The van der Waals surface area contributed by atoms with Crippen LogP contribution in [0.1, 0.15) is 0 Å². The summed E-state index contributed by atoms with van der Waals surface area (Å²) in [6.45, 7) is 0.348. The Bertz CT molecular complexity index is 1350. The standard InChI is InChI=1S/C22H18FN5O4/c23-14-5-7-15(8-6-14)28-21-17(10-26-28)22(30)27(13-25-21)11-20(29)24-9-16-12-31-18-3-1-2-4-19(18)32-16/h1-8,10,13,16H,9,11-12H2,(H,24,29)/t16-/m1/s1. The summed E-state index contributed by atoms with van der Waals surface area (Å²) < 4.78 is 27.3. The molecule has 1 amide bonds. The molecule has 32 heavy (non-hydrogen) atoms. The van der Waals surface area contributed by atoms with Gasteiger partial charge in [-0.2, -0.15) is 5.10 Å². The van der Waals surface area contributed by atoms with Gasteiger partial charge in [-0.05, 0) is 36.4 Å². The zero-order chi connectivity index (χ0) is 22.1. The first-order valence-electron chi connectivity index (χ1n) is 9.93. The molecular formula is C22H18FN5O4. The molecule has 0 unspecified atom stereocenters. The maximum atomic E-state index is 13.2. The van der Waals surface area contributed by atoms with Gasteiger partial charge in [-0.3, -0.25) is 14.2 Å². The number of benzene rings is 2. The van der Waals surface area contributed by atoms with Crippen molar-refractivity contribution in [2.75, 3.05) is 13.2 Å². The maximum absolute atomic E-state index is 13.2. The molecule has 9 nitrogen and oxygen atoms in total. The molecule has 162 valence electrons. The normalized spacial score (nSPS) is 15.0. The monoisotopic (exact) mass is 435 g/mol. The molecule has 0 fully saturated rings. The molecule has 0 spiro atoms. The highest BCUT2D eigenvalue weighted by molar-refractivity contribution is 5.77. The summed E-state index contributed by atoms with van der Waals surface area (Å²) in [6.07, 6.45) is 2.34. The van der Waals surface area contributed by atoms with Crippen molar-refractivity contribution >= 4 is 16.9 Å². The Morgan fingerprint density at radius 1 is 1.16 bits per heavy atom. The summed E-state index contributed by atoms with van der Waals surface area (Å²) in [4.78, 5) is 29.5. The second-order valence-electron chi connectivity index (χ2n) is 7.25. The van der Waals surface area contributed by atoms with Crippen LogP contribution >= 0.6 is 0 Å². The third-order valence-corrected chi connectivity index (χ3v) is 5.03. The molecule has 2 aromatic carbocycles. The number of para-hydroxylation sites is 2. The summed E-state index contributed by atoms with van der Waals surface area (Å²) in [5.41, 5.74) is 0.495. The Labute approximate surface area is 181 Å². The molecule has 1 N–H and O–H groups in total. The van der Waals surface area contributed by atoms with Crippen molar-refractivity contribution in [3.63, 3.8) is 0 Å². The number of halogens is 1. The SMILES string of the molecule is O=C(Cn1cnc2c(cnn2-c2ccc(F)cc2)c1=O)NC[C@@H]1COc2ccccc2O1. The van der Waals surface area contributed by atoms with Gasteiger partial charge in [-0.15, -0.1) is 0 Å². The van der Waals surface area contributed by atoms with Gasteiger partial charge in [-0.25, -0.2) is 14.1 Å². The van der Waals surface area contributed by atoms with Crippen LogP contribution < -0.4 is 20.3 Å². The summed E-state index contributed by atoms with van der Waals surface area (Å²) >= 11 is 0. The number of hydrogen-bond donors (Lipinski definition) is 1. The summed E-state index contributed by atoms with van der Waals surface area (Å²) in [5, 5.41) is 7.19. The smallest absolute Gasteiger partial charge is 0.264 e. The number of rotatable bonds is 5. The first-order chi connectivity index (χ1) is 15.6. The largest absolute Gasteiger partial charge is 0.486 e. The molecule has 5 rings (SSSR count). The lowest BCUT2D eigenvalue weighted by atomic mass is 10.2. The summed E-state index contributed by atoms with van der Waals surface area (Å²) in [5.74, 6) is 0.562. The van der Waals surface area contributed by atoms with Crippen LogP contribution in [-0.2, 0) is 11.3 Å². The zero-order valence-electron chi connectivity index (χ0n) is 16.8. The van der Waals surface area contributed by atoms with E-state index < -0.39 is 5.56 Å². The van der Waals surface area contributed by atoms with Crippen molar-refractivity contribution < 1.29 is 18.7 Å². The minimum Gasteiger partial charge on any atom is -0.486 e. The Morgan fingerprint density at radius 2 is 1.94 bits per heavy atom. The van der Waals surface area contributed by atoms with E-state index in [1.807, 2.05) is 18.2 Å². The second kappa shape index (κ2) is 8.14. The number of aromatic nitrogens is 4. The molecule has 1 aliphatic heterocycles. The minimum atomic E-state index is -0.398.